The Morgan fingerprint density at radius 1 is 1.53 bits per heavy atom. The Balaban J connectivity index is 1.91. The van der Waals surface area contributed by atoms with Crippen molar-refractivity contribution in [3.05, 3.63) is 0 Å². The van der Waals surface area contributed by atoms with Crippen molar-refractivity contribution in [1.29, 1.82) is 0 Å². The Bertz CT molecular complexity index is 315. The standard InChI is InChI=1S/C10H18BN2O2/c1-12-9(14)6-10(15-12)7-13(11)4-2-8(10)3-5-13/h8H,2-7,11H2,1H3/q+1. The summed E-state index contributed by atoms with van der Waals surface area (Å²) in [7, 11) is 4.04. The largest absolute Gasteiger partial charge is 0.397 e. The third-order valence-corrected chi connectivity index (χ3v) is 4.55. The molecule has 0 aromatic carbocycles. The molecule has 0 aromatic heterocycles. The molecule has 4 nitrogen and oxygen atoms in total. The second kappa shape index (κ2) is 2.77. The van der Waals surface area contributed by atoms with Crippen molar-refractivity contribution in [1.82, 2.24) is 5.06 Å². The van der Waals surface area contributed by atoms with Gasteiger partial charge in [-0.3, -0.25) is 9.63 Å². The number of carbonyl (C=O) groups is 1. The average molecular weight is 209 g/mol. The van der Waals surface area contributed by atoms with Gasteiger partial charge in [-0.15, -0.1) is 0 Å². The van der Waals surface area contributed by atoms with Gasteiger partial charge >= 0.3 is 7.98 Å². The number of carbonyl (C=O) groups excluding carboxylic acids is 1. The van der Waals surface area contributed by atoms with Crippen LogP contribution in [0.2, 0.25) is 0 Å². The summed E-state index contributed by atoms with van der Waals surface area (Å²) in [6.07, 6.45) is 3.04. The summed E-state index contributed by atoms with van der Waals surface area (Å²) in [5.74, 6) is 0.752. The predicted molar refractivity (Wildman–Crippen MR) is 57.3 cm³/mol. The summed E-state index contributed by atoms with van der Waals surface area (Å²) in [5.41, 5.74) is -0.156. The number of hydroxylamine groups is 2. The van der Waals surface area contributed by atoms with Crippen LogP contribution in [0.3, 0.4) is 0 Å². The minimum absolute atomic E-state index is 0.148. The number of quaternary nitrogens is 1. The van der Waals surface area contributed by atoms with Gasteiger partial charge in [-0.25, -0.2) is 5.06 Å². The molecule has 4 fully saturated rings. The van der Waals surface area contributed by atoms with E-state index >= 15 is 0 Å². The third-order valence-electron chi connectivity index (χ3n) is 4.55. The fourth-order valence-electron chi connectivity index (χ4n) is 3.68. The van der Waals surface area contributed by atoms with Gasteiger partial charge in [0.1, 0.15) is 0 Å². The number of piperidine rings is 3. The Kier molecular flexibility index (Phi) is 1.78. The molecule has 4 aliphatic heterocycles. The summed E-state index contributed by atoms with van der Waals surface area (Å²) >= 11 is 0. The molecule has 0 aromatic rings. The molecule has 5 heteroatoms. The molecule has 4 aliphatic rings. The molecule has 0 radical (unpaired) electrons. The maximum absolute atomic E-state index is 11.6. The lowest BCUT2D eigenvalue weighted by Crippen LogP contribution is -2.68. The molecule has 0 aliphatic carbocycles. The van der Waals surface area contributed by atoms with E-state index in [1.54, 1.807) is 7.05 Å². The summed E-state index contributed by atoms with van der Waals surface area (Å²) in [6.45, 7) is 3.54. The highest BCUT2D eigenvalue weighted by atomic mass is 16.7. The lowest BCUT2D eigenvalue weighted by atomic mass is 9.70. The Morgan fingerprint density at radius 3 is 2.67 bits per heavy atom. The van der Waals surface area contributed by atoms with E-state index in [2.05, 4.69) is 7.98 Å². The SMILES string of the molecule is B[N+]12CCC(CC1)C1(CC(=O)N(C)O1)C2. The molecule has 0 saturated carbocycles. The normalized spacial score (nSPS) is 49.3. The molecule has 4 heterocycles. The monoisotopic (exact) mass is 209 g/mol. The molecule has 0 N–H and O–H groups in total. The molecule has 2 bridgehead atoms. The van der Waals surface area contributed by atoms with Gasteiger partial charge in [-0.1, -0.05) is 0 Å². The van der Waals surface area contributed by atoms with Crippen LogP contribution in [0.1, 0.15) is 19.3 Å². The first-order valence-corrected chi connectivity index (χ1v) is 5.82. The van der Waals surface area contributed by atoms with Gasteiger partial charge in [-0.05, 0) is 0 Å². The van der Waals surface area contributed by atoms with Crippen LogP contribution in [0.25, 0.3) is 0 Å². The summed E-state index contributed by atoms with van der Waals surface area (Å²) in [6, 6.07) is 0. The van der Waals surface area contributed by atoms with Crippen molar-refractivity contribution in [3.63, 3.8) is 0 Å². The van der Waals surface area contributed by atoms with Gasteiger partial charge < -0.3 is 4.39 Å². The highest BCUT2D eigenvalue weighted by Gasteiger charge is 2.59. The van der Waals surface area contributed by atoms with E-state index < -0.39 is 0 Å². The maximum atomic E-state index is 11.6. The minimum Gasteiger partial charge on any atom is -0.397 e. The Hall–Kier alpha value is -0.545. The average Bonchev–Trinajstić information content (AvgIpc) is 2.41. The van der Waals surface area contributed by atoms with Gasteiger partial charge in [0.05, 0.1) is 26.1 Å². The van der Waals surface area contributed by atoms with Crippen molar-refractivity contribution in [2.24, 2.45) is 5.92 Å². The van der Waals surface area contributed by atoms with Crippen molar-refractivity contribution < 1.29 is 14.0 Å². The van der Waals surface area contributed by atoms with Crippen LogP contribution in [-0.4, -0.2) is 55.6 Å². The van der Waals surface area contributed by atoms with E-state index in [-0.39, 0.29) is 11.5 Å². The van der Waals surface area contributed by atoms with E-state index in [0.29, 0.717) is 12.3 Å². The Labute approximate surface area is 91.1 Å². The molecular weight excluding hydrogens is 191 g/mol. The van der Waals surface area contributed by atoms with Gasteiger partial charge in [0.25, 0.3) is 0 Å². The molecule has 4 saturated heterocycles. The maximum Gasteiger partial charge on any atom is 0.372 e. The highest BCUT2D eigenvalue weighted by molar-refractivity contribution is 5.97. The molecule has 82 valence electrons. The predicted octanol–water partition coefficient (Wildman–Crippen LogP) is -0.693. The highest BCUT2D eigenvalue weighted by Crippen LogP contribution is 2.46. The van der Waals surface area contributed by atoms with Gasteiger partial charge in [-0.2, -0.15) is 0 Å². The summed E-state index contributed by atoms with van der Waals surface area (Å²) < 4.78 is 1.09. The van der Waals surface area contributed by atoms with Gasteiger partial charge in [0, 0.05) is 25.8 Å². The topological polar surface area (TPSA) is 29.5 Å². The molecule has 15 heavy (non-hydrogen) atoms. The smallest absolute Gasteiger partial charge is 0.372 e. The zero-order valence-electron chi connectivity index (χ0n) is 9.53. The molecule has 1 unspecified atom stereocenters. The van der Waals surface area contributed by atoms with Crippen molar-refractivity contribution in [2.75, 3.05) is 26.7 Å². The van der Waals surface area contributed by atoms with Crippen LogP contribution in [0.4, 0.5) is 0 Å². The fraction of sp³-hybridized carbons (Fsp3) is 0.900. The van der Waals surface area contributed by atoms with E-state index in [4.69, 9.17) is 4.84 Å². The van der Waals surface area contributed by atoms with E-state index in [9.17, 15) is 4.79 Å². The number of nitrogens with zero attached hydrogens (tertiary/aromatic N) is 2. The van der Waals surface area contributed by atoms with Crippen LogP contribution in [0, 0.1) is 5.92 Å². The summed E-state index contributed by atoms with van der Waals surface area (Å²) in [5, 5.41) is 1.45. The molecule has 1 spiro atoms. The fourth-order valence-corrected chi connectivity index (χ4v) is 3.68. The number of fused-ring (bicyclic) bond motifs is 2. The lowest BCUT2D eigenvalue weighted by molar-refractivity contribution is -0.847. The minimum atomic E-state index is -0.156. The number of hydrogen-bond acceptors (Lipinski definition) is 2. The second-order valence-electron chi connectivity index (χ2n) is 5.72. The molecule has 1 amide bonds. The zero-order valence-corrected chi connectivity index (χ0v) is 9.53. The van der Waals surface area contributed by atoms with Crippen molar-refractivity contribution in [2.45, 2.75) is 24.9 Å². The zero-order chi connectivity index (χ0) is 10.7. The number of amides is 1. The quantitative estimate of drug-likeness (QED) is 0.494. The van der Waals surface area contributed by atoms with Crippen LogP contribution >= 0.6 is 0 Å². The van der Waals surface area contributed by atoms with Crippen LogP contribution in [0.5, 0.6) is 0 Å². The van der Waals surface area contributed by atoms with Crippen molar-refractivity contribution >= 4 is 13.9 Å². The van der Waals surface area contributed by atoms with E-state index in [0.717, 1.165) is 10.9 Å². The molecule has 4 rings (SSSR count). The van der Waals surface area contributed by atoms with E-state index in [1.165, 1.54) is 31.0 Å². The summed E-state index contributed by atoms with van der Waals surface area (Å²) in [4.78, 5) is 17.5. The first-order valence-electron chi connectivity index (χ1n) is 5.82. The van der Waals surface area contributed by atoms with Crippen molar-refractivity contribution in [3.8, 4) is 0 Å². The first-order chi connectivity index (χ1) is 7.03. The van der Waals surface area contributed by atoms with Gasteiger partial charge in [0.2, 0.25) is 5.91 Å². The number of rotatable bonds is 0. The Morgan fingerprint density at radius 2 is 2.20 bits per heavy atom. The van der Waals surface area contributed by atoms with Crippen LogP contribution in [-0.2, 0) is 9.63 Å². The van der Waals surface area contributed by atoms with Crippen LogP contribution in [0.15, 0.2) is 0 Å². The van der Waals surface area contributed by atoms with E-state index in [1.807, 2.05) is 0 Å². The number of hydrogen-bond donors (Lipinski definition) is 0. The third kappa shape index (κ3) is 1.26. The molecule has 1 atom stereocenters. The second-order valence-corrected chi connectivity index (χ2v) is 5.72. The van der Waals surface area contributed by atoms with Crippen LogP contribution < -0.4 is 0 Å². The molecular formula is C10H18BN2O2+. The lowest BCUT2D eigenvalue weighted by Gasteiger charge is -2.55. The first kappa shape index (κ1) is 9.66. The van der Waals surface area contributed by atoms with Gasteiger partial charge in [0.15, 0.2) is 5.60 Å².